The first-order chi connectivity index (χ1) is 8.49. The summed E-state index contributed by atoms with van der Waals surface area (Å²) in [6.45, 7) is 2.93. The highest BCUT2D eigenvalue weighted by atomic mass is 16.3. The molecule has 1 N–H and O–H groups in total. The molecule has 1 amide bonds. The molecule has 1 heterocycles. The zero-order valence-corrected chi connectivity index (χ0v) is 11.1. The summed E-state index contributed by atoms with van der Waals surface area (Å²) in [5.41, 5.74) is 2.15. The summed E-state index contributed by atoms with van der Waals surface area (Å²) in [7, 11) is 3.81. The van der Waals surface area contributed by atoms with Crippen molar-refractivity contribution in [2.75, 3.05) is 27.2 Å². The number of β-amino-alcohol motifs (C(OH)–C–C–N with tert-alkyl or cyclic N) is 1. The highest BCUT2D eigenvalue weighted by Crippen LogP contribution is 2.24. The lowest BCUT2D eigenvalue weighted by Gasteiger charge is -2.39. The van der Waals surface area contributed by atoms with E-state index in [9.17, 15) is 9.90 Å². The van der Waals surface area contributed by atoms with Crippen molar-refractivity contribution < 1.29 is 9.90 Å². The molecule has 1 atom stereocenters. The Kier molecular flexibility index (Phi) is 3.68. The van der Waals surface area contributed by atoms with Gasteiger partial charge in [-0.15, -0.1) is 0 Å². The Morgan fingerprint density at radius 2 is 2.11 bits per heavy atom. The molecular weight excluding hydrogens is 228 g/mol. The molecule has 0 aromatic heterocycles. The van der Waals surface area contributed by atoms with Crippen molar-refractivity contribution in [3.63, 3.8) is 0 Å². The number of aliphatic hydroxyl groups excluding tert-OH is 1. The molecule has 1 aliphatic heterocycles. The van der Waals surface area contributed by atoms with Crippen LogP contribution in [0.5, 0.6) is 0 Å². The number of likely N-dealkylation sites (tertiary alicyclic amines) is 1. The number of amides is 1. The number of aliphatic hydroxyl groups is 1. The van der Waals surface area contributed by atoms with Crippen LogP contribution in [0.2, 0.25) is 0 Å². The van der Waals surface area contributed by atoms with Gasteiger partial charge in [0.25, 0.3) is 0 Å². The van der Waals surface area contributed by atoms with Gasteiger partial charge >= 0.3 is 0 Å². The molecule has 4 heteroatoms. The van der Waals surface area contributed by atoms with Crippen molar-refractivity contribution in [3.8, 4) is 0 Å². The third-order valence-corrected chi connectivity index (χ3v) is 3.28. The van der Waals surface area contributed by atoms with Gasteiger partial charge in [0.05, 0.1) is 6.10 Å². The number of carbonyl (C=O) groups is 1. The SMILES string of the molecule is Cc1cccc([C@H](C(=O)N2CC(O)C2)N(C)C)c1. The minimum absolute atomic E-state index is 0.0656. The summed E-state index contributed by atoms with van der Waals surface area (Å²) in [5, 5.41) is 9.29. The lowest BCUT2D eigenvalue weighted by molar-refractivity contribution is -0.146. The van der Waals surface area contributed by atoms with Gasteiger partial charge in [-0.05, 0) is 26.6 Å². The van der Waals surface area contributed by atoms with Crippen LogP contribution in [0.3, 0.4) is 0 Å². The normalized spacial score (nSPS) is 17.7. The van der Waals surface area contributed by atoms with Crippen molar-refractivity contribution >= 4 is 5.91 Å². The van der Waals surface area contributed by atoms with E-state index >= 15 is 0 Å². The summed E-state index contributed by atoms with van der Waals surface area (Å²) in [6, 6.07) is 7.75. The van der Waals surface area contributed by atoms with Crippen LogP contribution < -0.4 is 0 Å². The van der Waals surface area contributed by atoms with Crippen molar-refractivity contribution in [2.45, 2.75) is 19.1 Å². The molecule has 1 aliphatic rings. The third-order valence-electron chi connectivity index (χ3n) is 3.28. The average Bonchev–Trinajstić information content (AvgIpc) is 2.24. The number of carbonyl (C=O) groups excluding carboxylic acids is 1. The molecule has 0 bridgehead atoms. The standard InChI is InChI=1S/C14H20N2O2/c1-10-5-4-6-11(7-10)13(15(2)3)14(18)16-8-12(17)9-16/h4-7,12-13,17H,8-9H2,1-3H3/t13-/m1/s1. The van der Waals surface area contributed by atoms with E-state index in [4.69, 9.17) is 0 Å². The van der Waals surface area contributed by atoms with Gasteiger partial charge in [0.2, 0.25) is 5.91 Å². The first kappa shape index (κ1) is 13.1. The molecule has 0 unspecified atom stereocenters. The maximum atomic E-state index is 12.4. The summed E-state index contributed by atoms with van der Waals surface area (Å²) in [6.07, 6.45) is -0.353. The highest BCUT2D eigenvalue weighted by molar-refractivity contribution is 5.84. The quantitative estimate of drug-likeness (QED) is 0.860. The maximum absolute atomic E-state index is 12.4. The number of hydrogen-bond donors (Lipinski definition) is 1. The first-order valence-corrected chi connectivity index (χ1v) is 6.19. The molecule has 0 radical (unpaired) electrons. The number of nitrogens with zero attached hydrogens (tertiary/aromatic N) is 2. The number of likely N-dealkylation sites (N-methyl/N-ethyl adjacent to an activating group) is 1. The predicted octanol–water partition coefficient (Wildman–Crippen LogP) is 0.801. The molecule has 1 fully saturated rings. The molecule has 0 saturated carbocycles. The summed E-state index contributed by atoms with van der Waals surface area (Å²) in [4.78, 5) is 16.0. The third kappa shape index (κ3) is 2.54. The first-order valence-electron chi connectivity index (χ1n) is 6.19. The van der Waals surface area contributed by atoms with E-state index in [0.29, 0.717) is 13.1 Å². The van der Waals surface area contributed by atoms with E-state index in [1.54, 1.807) is 4.90 Å². The van der Waals surface area contributed by atoms with Crippen LogP contribution in [0.25, 0.3) is 0 Å². The molecule has 1 saturated heterocycles. The molecular formula is C14H20N2O2. The zero-order valence-electron chi connectivity index (χ0n) is 11.1. The molecule has 4 nitrogen and oxygen atoms in total. The number of hydrogen-bond acceptors (Lipinski definition) is 3. The molecule has 1 aromatic carbocycles. The van der Waals surface area contributed by atoms with Crippen LogP contribution in [0.15, 0.2) is 24.3 Å². The molecule has 1 aromatic rings. The Bertz CT molecular complexity index is 439. The van der Waals surface area contributed by atoms with Crippen molar-refractivity contribution in [3.05, 3.63) is 35.4 Å². The lowest BCUT2D eigenvalue weighted by Crippen LogP contribution is -2.56. The average molecular weight is 248 g/mol. The van der Waals surface area contributed by atoms with Crippen molar-refractivity contribution in [1.29, 1.82) is 0 Å². The summed E-state index contributed by atoms with van der Waals surface area (Å²) >= 11 is 0. The second kappa shape index (κ2) is 5.08. The van der Waals surface area contributed by atoms with Gasteiger partial charge in [0.15, 0.2) is 0 Å². The van der Waals surface area contributed by atoms with Gasteiger partial charge in [-0.3, -0.25) is 9.69 Å². The summed E-state index contributed by atoms with van der Waals surface area (Å²) in [5.74, 6) is 0.0656. The van der Waals surface area contributed by atoms with E-state index in [2.05, 4.69) is 0 Å². The Labute approximate surface area is 108 Å². The van der Waals surface area contributed by atoms with Gasteiger partial charge in [0, 0.05) is 13.1 Å². The second-order valence-corrected chi connectivity index (χ2v) is 5.18. The van der Waals surface area contributed by atoms with E-state index in [1.165, 1.54) is 0 Å². The van der Waals surface area contributed by atoms with Gasteiger partial charge < -0.3 is 10.0 Å². The predicted molar refractivity (Wildman–Crippen MR) is 70.2 cm³/mol. The highest BCUT2D eigenvalue weighted by Gasteiger charge is 2.35. The molecule has 0 aliphatic carbocycles. The Morgan fingerprint density at radius 1 is 1.44 bits per heavy atom. The van der Waals surface area contributed by atoms with Crippen LogP contribution in [-0.2, 0) is 4.79 Å². The van der Waals surface area contributed by atoms with E-state index in [1.807, 2.05) is 50.2 Å². The van der Waals surface area contributed by atoms with E-state index in [-0.39, 0.29) is 18.1 Å². The van der Waals surface area contributed by atoms with Crippen LogP contribution in [0.1, 0.15) is 17.2 Å². The smallest absolute Gasteiger partial charge is 0.244 e. The Balaban J connectivity index is 2.20. The van der Waals surface area contributed by atoms with E-state index in [0.717, 1.165) is 11.1 Å². The maximum Gasteiger partial charge on any atom is 0.244 e. The van der Waals surface area contributed by atoms with Crippen LogP contribution in [-0.4, -0.2) is 54.1 Å². The van der Waals surface area contributed by atoms with Crippen LogP contribution in [0.4, 0.5) is 0 Å². The molecule has 2 rings (SSSR count). The van der Waals surface area contributed by atoms with Crippen LogP contribution in [0, 0.1) is 6.92 Å². The lowest BCUT2D eigenvalue weighted by atomic mass is 10.0. The van der Waals surface area contributed by atoms with Gasteiger partial charge in [0.1, 0.15) is 6.04 Å². The fraction of sp³-hybridized carbons (Fsp3) is 0.500. The Morgan fingerprint density at radius 3 is 2.61 bits per heavy atom. The molecule has 0 spiro atoms. The van der Waals surface area contributed by atoms with Gasteiger partial charge in [-0.1, -0.05) is 29.8 Å². The zero-order chi connectivity index (χ0) is 13.3. The molecule has 98 valence electrons. The fourth-order valence-corrected chi connectivity index (χ4v) is 2.31. The van der Waals surface area contributed by atoms with Crippen LogP contribution >= 0.6 is 0 Å². The van der Waals surface area contributed by atoms with Crippen molar-refractivity contribution in [2.24, 2.45) is 0 Å². The minimum Gasteiger partial charge on any atom is -0.389 e. The number of rotatable bonds is 3. The van der Waals surface area contributed by atoms with Gasteiger partial charge in [-0.2, -0.15) is 0 Å². The number of benzene rings is 1. The summed E-state index contributed by atoms with van der Waals surface area (Å²) < 4.78 is 0. The molecule has 18 heavy (non-hydrogen) atoms. The second-order valence-electron chi connectivity index (χ2n) is 5.18. The Hall–Kier alpha value is -1.39. The van der Waals surface area contributed by atoms with Crippen molar-refractivity contribution in [1.82, 2.24) is 9.80 Å². The number of aryl methyl sites for hydroxylation is 1. The monoisotopic (exact) mass is 248 g/mol. The topological polar surface area (TPSA) is 43.8 Å². The minimum atomic E-state index is -0.353. The van der Waals surface area contributed by atoms with E-state index < -0.39 is 0 Å². The largest absolute Gasteiger partial charge is 0.389 e. The van der Waals surface area contributed by atoms with Gasteiger partial charge in [-0.25, -0.2) is 0 Å². The fourth-order valence-electron chi connectivity index (χ4n) is 2.31.